The van der Waals surface area contributed by atoms with E-state index in [4.69, 9.17) is 4.74 Å². The zero-order valence-electron chi connectivity index (χ0n) is 8.16. The normalized spacial score (nSPS) is 27.6. The van der Waals surface area contributed by atoms with Crippen molar-refractivity contribution in [1.82, 2.24) is 5.32 Å². The molecule has 1 fully saturated rings. The minimum Gasteiger partial charge on any atom is -0.368 e. The number of hydrogen-bond donors (Lipinski definition) is 1. The Bertz CT molecular complexity index is 299. The molecule has 2 rings (SSSR count). The molecular weight excluding hydrogens is 181 g/mol. The Morgan fingerprint density at radius 1 is 1.29 bits per heavy atom. The Morgan fingerprint density at radius 3 is 2.64 bits per heavy atom. The third-order valence-electron chi connectivity index (χ3n) is 2.40. The first-order chi connectivity index (χ1) is 6.75. The number of ether oxygens (including phenoxy) is 1. The van der Waals surface area contributed by atoms with Gasteiger partial charge in [-0.3, -0.25) is 0 Å². The van der Waals surface area contributed by atoms with Crippen molar-refractivity contribution in [2.75, 3.05) is 13.1 Å². The minimum atomic E-state index is -0.203. The Hall–Kier alpha value is -0.930. The largest absolute Gasteiger partial charge is 0.368 e. The first kappa shape index (κ1) is 9.62. The van der Waals surface area contributed by atoms with Crippen LogP contribution in [-0.2, 0) is 4.74 Å². The van der Waals surface area contributed by atoms with Crippen molar-refractivity contribution in [1.29, 1.82) is 0 Å². The maximum atomic E-state index is 12.7. The minimum absolute atomic E-state index is 0.0550. The molecule has 1 aromatic rings. The van der Waals surface area contributed by atoms with E-state index >= 15 is 0 Å². The molecule has 1 aliphatic heterocycles. The highest BCUT2D eigenvalue weighted by Gasteiger charge is 2.19. The number of halogens is 1. The van der Waals surface area contributed by atoms with E-state index in [0.717, 1.165) is 18.7 Å². The standard InChI is InChI=1S/C11H14FNO/c1-8-6-13-7-11(14-8)9-2-4-10(12)5-3-9/h2-5,8,11,13H,6-7H2,1H3. The Balaban J connectivity index is 2.10. The van der Waals surface area contributed by atoms with E-state index in [9.17, 15) is 4.39 Å². The van der Waals surface area contributed by atoms with Crippen LogP contribution in [0.2, 0.25) is 0 Å². The van der Waals surface area contributed by atoms with Gasteiger partial charge in [-0.15, -0.1) is 0 Å². The smallest absolute Gasteiger partial charge is 0.123 e. The number of rotatable bonds is 1. The number of morpholine rings is 1. The zero-order chi connectivity index (χ0) is 9.97. The Morgan fingerprint density at radius 2 is 2.00 bits per heavy atom. The summed E-state index contributed by atoms with van der Waals surface area (Å²) in [6.07, 6.45) is 0.276. The summed E-state index contributed by atoms with van der Waals surface area (Å²) >= 11 is 0. The molecule has 1 N–H and O–H groups in total. The quantitative estimate of drug-likeness (QED) is 0.738. The summed E-state index contributed by atoms with van der Waals surface area (Å²) in [5.41, 5.74) is 1.03. The highest BCUT2D eigenvalue weighted by molar-refractivity contribution is 5.19. The fourth-order valence-corrected chi connectivity index (χ4v) is 1.67. The average molecular weight is 195 g/mol. The van der Waals surface area contributed by atoms with Crippen molar-refractivity contribution >= 4 is 0 Å². The summed E-state index contributed by atoms with van der Waals surface area (Å²) in [6, 6.07) is 6.50. The first-order valence-electron chi connectivity index (χ1n) is 4.87. The van der Waals surface area contributed by atoms with E-state index in [1.54, 1.807) is 12.1 Å². The van der Waals surface area contributed by atoms with Crippen molar-refractivity contribution < 1.29 is 9.13 Å². The van der Waals surface area contributed by atoms with Crippen LogP contribution in [-0.4, -0.2) is 19.2 Å². The zero-order valence-corrected chi connectivity index (χ0v) is 8.16. The van der Waals surface area contributed by atoms with Gasteiger partial charge in [-0.05, 0) is 24.6 Å². The van der Waals surface area contributed by atoms with Crippen LogP contribution in [0.1, 0.15) is 18.6 Å². The molecule has 0 spiro atoms. The van der Waals surface area contributed by atoms with E-state index in [1.807, 2.05) is 6.92 Å². The van der Waals surface area contributed by atoms with E-state index in [2.05, 4.69) is 5.32 Å². The fourth-order valence-electron chi connectivity index (χ4n) is 1.67. The van der Waals surface area contributed by atoms with Gasteiger partial charge in [0.05, 0.1) is 12.2 Å². The fraction of sp³-hybridized carbons (Fsp3) is 0.455. The molecule has 14 heavy (non-hydrogen) atoms. The molecule has 1 aromatic carbocycles. The van der Waals surface area contributed by atoms with Crippen molar-refractivity contribution in [2.24, 2.45) is 0 Å². The molecule has 1 heterocycles. The lowest BCUT2D eigenvalue weighted by molar-refractivity contribution is -0.0287. The summed E-state index contributed by atoms with van der Waals surface area (Å²) in [7, 11) is 0. The monoisotopic (exact) mass is 195 g/mol. The van der Waals surface area contributed by atoms with Crippen molar-refractivity contribution in [3.63, 3.8) is 0 Å². The van der Waals surface area contributed by atoms with E-state index in [1.165, 1.54) is 12.1 Å². The number of benzene rings is 1. The van der Waals surface area contributed by atoms with Gasteiger partial charge in [0.25, 0.3) is 0 Å². The van der Waals surface area contributed by atoms with Crippen LogP contribution in [0.5, 0.6) is 0 Å². The lowest BCUT2D eigenvalue weighted by Gasteiger charge is -2.29. The second kappa shape index (κ2) is 4.07. The summed E-state index contributed by atoms with van der Waals surface area (Å²) in [6.45, 7) is 3.72. The lowest BCUT2D eigenvalue weighted by atomic mass is 10.1. The lowest BCUT2D eigenvalue weighted by Crippen LogP contribution is -2.38. The molecule has 1 aliphatic rings. The molecule has 0 bridgehead atoms. The van der Waals surface area contributed by atoms with E-state index in [-0.39, 0.29) is 18.0 Å². The van der Waals surface area contributed by atoms with Crippen molar-refractivity contribution in [3.05, 3.63) is 35.6 Å². The molecule has 0 aliphatic carbocycles. The Labute approximate surface area is 83.1 Å². The van der Waals surface area contributed by atoms with E-state index in [0.29, 0.717) is 0 Å². The maximum Gasteiger partial charge on any atom is 0.123 e. The highest BCUT2D eigenvalue weighted by Crippen LogP contribution is 2.21. The topological polar surface area (TPSA) is 21.3 Å². The average Bonchev–Trinajstić information content (AvgIpc) is 2.19. The van der Waals surface area contributed by atoms with Crippen molar-refractivity contribution in [2.45, 2.75) is 19.1 Å². The molecule has 0 saturated carbocycles. The molecular formula is C11H14FNO. The Kier molecular flexibility index (Phi) is 2.79. The molecule has 0 aromatic heterocycles. The highest BCUT2D eigenvalue weighted by atomic mass is 19.1. The van der Waals surface area contributed by atoms with Crippen LogP contribution >= 0.6 is 0 Å². The predicted molar refractivity (Wildman–Crippen MR) is 52.6 cm³/mol. The second-order valence-electron chi connectivity index (χ2n) is 3.65. The van der Waals surface area contributed by atoms with E-state index < -0.39 is 0 Å². The van der Waals surface area contributed by atoms with Crippen LogP contribution in [0.15, 0.2) is 24.3 Å². The van der Waals surface area contributed by atoms with Crippen LogP contribution in [0.4, 0.5) is 4.39 Å². The predicted octanol–water partition coefficient (Wildman–Crippen LogP) is 1.88. The van der Waals surface area contributed by atoms with Gasteiger partial charge in [-0.25, -0.2) is 4.39 Å². The van der Waals surface area contributed by atoms with Crippen LogP contribution in [0.25, 0.3) is 0 Å². The van der Waals surface area contributed by atoms with Gasteiger partial charge in [0.2, 0.25) is 0 Å². The summed E-state index contributed by atoms with van der Waals surface area (Å²) in [5.74, 6) is -0.203. The number of nitrogens with one attached hydrogen (secondary N) is 1. The molecule has 0 amide bonds. The molecule has 2 unspecified atom stereocenters. The van der Waals surface area contributed by atoms with Gasteiger partial charge < -0.3 is 10.1 Å². The molecule has 76 valence electrons. The van der Waals surface area contributed by atoms with Gasteiger partial charge in [0.15, 0.2) is 0 Å². The summed E-state index contributed by atoms with van der Waals surface area (Å²) in [4.78, 5) is 0. The third kappa shape index (κ3) is 2.11. The molecule has 1 saturated heterocycles. The number of hydrogen-bond acceptors (Lipinski definition) is 2. The molecule has 0 radical (unpaired) electrons. The molecule has 2 atom stereocenters. The van der Waals surface area contributed by atoms with Crippen molar-refractivity contribution in [3.8, 4) is 0 Å². The SMILES string of the molecule is CC1CNCC(c2ccc(F)cc2)O1. The van der Waals surface area contributed by atoms with Crippen LogP contribution in [0, 0.1) is 5.82 Å². The first-order valence-corrected chi connectivity index (χ1v) is 4.87. The van der Waals surface area contributed by atoms with Gasteiger partial charge >= 0.3 is 0 Å². The maximum absolute atomic E-state index is 12.7. The van der Waals surface area contributed by atoms with Gasteiger partial charge in [-0.1, -0.05) is 12.1 Å². The second-order valence-corrected chi connectivity index (χ2v) is 3.65. The van der Waals surface area contributed by atoms with Gasteiger partial charge in [0.1, 0.15) is 5.82 Å². The summed E-state index contributed by atoms with van der Waals surface area (Å²) in [5, 5.41) is 3.28. The molecule has 2 nitrogen and oxygen atoms in total. The molecule has 3 heteroatoms. The van der Waals surface area contributed by atoms with Gasteiger partial charge in [-0.2, -0.15) is 0 Å². The van der Waals surface area contributed by atoms with Crippen LogP contribution in [0.3, 0.4) is 0 Å². The van der Waals surface area contributed by atoms with Crippen LogP contribution < -0.4 is 5.32 Å². The van der Waals surface area contributed by atoms with Gasteiger partial charge in [0, 0.05) is 13.1 Å². The third-order valence-corrected chi connectivity index (χ3v) is 2.40. The summed E-state index contributed by atoms with van der Waals surface area (Å²) < 4.78 is 18.4.